The van der Waals surface area contributed by atoms with Gasteiger partial charge in [-0.25, -0.2) is 13.1 Å². The molecule has 1 aliphatic rings. The average Bonchev–Trinajstić information content (AvgIpc) is 2.78. The van der Waals surface area contributed by atoms with Gasteiger partial charge in [-0.2, -0.15) is 0 Å². The fourth-order valence-electron chi connectivity index (χ4n) is 3.54. The molecule has 8 heteroatoms. The number of piperidine rings is 1. The maximum Gasteiger partial charge on any atom is 0.310 e. The molecule has 0 radical (unpaired) electrons. The van der Waals surface area contributed by atoms with E-state index in [1.54, 1.807) is 60.4 Å². The molecule has 1 fully saturated rings. The molecule has 0 saturated carbocycles. The fraction of sp³-hybridized carbons (Fsp3) is 0.391. The van der Waals surface area contributed by atoms with Crippen molar-refractivity contribution < 1.29 is 22.7 Å². The van der Waals surface area contributed by atoms with Gasteiger partial charge in [0.2, 0.25) is 10.0 Å². The molecule has 0 unspecified atom stereocenters. The Bertz CT molecular complexity index is 1020. The summed E-state index contributed by atoms with van der Waals surface area (Å²) in [5.41, 5.74) is 2.24. The van der Waals surface area contributed by atoms with Crippen LogP contribution >= 0.6 is 0 Å². The first-order valence-electron chi connectivity index (χ1n) is 10.4. The molecule has 166 valence electrons. The third kappa shape index (κ3) is 5.92. The van der Waals surface area contributed by atoms with Crippen LogP contribution in [0.5, 0.6) is 0 Å². The molecule has 2 aromatic rings. The molecule has 3 rings (SSSR count). The van der Waals surface area contributed by atoms with Crippen molar-refractivity contribution in [2.24, 2.45) is 5.92 Å². The minimum absolute atomic E-state index is 0.124. The number of ether oxygens (including phenoxy) is 1. The van der Waals surface area contributed by atoms with Crippen LogP contribution in [0.15, 0.2) is 53.4 Å². The first-order chi connectivity index (χ1) is 14.8. The number of esters is 1. The molecule has 0 aromatic heterocycles. The standard InChI is InChI=1S/C23H28N2O5S/c1-3-30-23(27)20-5-4-14-25(16-20)22(26)19-10-8-18(9-11-19)15-24-31(28,29)21-12-6-17(2)7-13-21/h6-13,20,24H,3-5,14-16H2,1-2H3/t20-/m0/s1. The molecular formula is C23H28N2O5S. The van der Waals surface area contributed by atoms with E-state index in [2.05, 4.69) is 4.72 Å². The van der Waals surface area contributed by atoms with Gasteiger partial charge in [-0.1, -0.05) is 29.8 Å². The van der Waals surface area contributed by atoms with Gasteiger partial charge in [0.25, 0.3) is 5.91 Å². The fourth-order valence-corrected chi connectivity index (χ4v) is 4.56. The number of amides is 1. The normalized spacial score (nSPS) is 16.7. The van der Waals surface area contributed by atoms with Crippen LogP contribution in [0.25, 0.3) is 0 Å². The van der Waals surface area contributed by atoms with Crippen molar-refractivity contribution in [2.45, 2.75) is 38.1 Å². The Hall–Kier alpha value is -2.71. The third-order valence-corrected chi connectivity index (χ3v) is 6.74. The Morgan fingerprint density at radius 2 is 1.77 bits per heavy atom. The first-order valence-corrected chi connectivity index (χ1v) is 11.9. The highest BCUT2D eigenvalue weighted by molar-refractivity contribution is 7.89. The van der Waals surface area contributed by atoms with Gasteiger partial charge in [0.15, 0.2) is 0 Å². The molecule has 31 heavy (non-hydrogen) atoms. The molecule has 0 spiro atoms. The summed E-state index contributed by atoms with van der Waals surface area (Å²) in [4.78, 5) is 26.7. The Kier molecular flexibility index (Phi) is 7.46. The lowest BCUT2D eigenvalue weighted by atomic mass is 9.97. The van der Waals surface area contributed by atoms with Crippen molar-refractivity contribution in [3.05, 3.63) is 65.2 Å². The lowest BCUT2D eigenvalue weighted by molar-refractivity contribution is -0.149. The van der Waals surface area contributed by atoms with Crippen molar-refractivity contribution in [2.75, 3.05) is 19.7 Å². The number of aryl methyl sites for hydroxylation is 1. The van der Waals surface area contributed by atoms with Crippen LogP contribution in [0.3, 0.4) is 0 Å². The van der Waals surface area contributed by atoms with Gasteiger partial charge >= 0.3 is 5.97 Å². The van der Waals surface area contributed by atoms with E-state index in [1.807, 2.05) is 6.92 Å². The number of hydrogen-bond acceptors (Lipinski definition) is 5. The molecule has 1 N–H and O–H groups in total. The highest BCUT2D eigenvalue weighted by Gasteiger charge is 2.29. The molecule has 0 aliphatic carbocycles. The smallest absolute Gasteiger partial charge is 0.310 e. The molecule has 0 bridgehead atoms. The van der Waals surface area contributed by atoms with Gasteiger partial charge in [0.1, 0.15) is 0 Å². The van der Waals surface area contributed by atoms with E-state index in [9.17, 15) is 18.0 Å². The van der Waals surface area contributed by atoms with Crippen molar-refractivity contribution in [3.63, 3.8) is 0 Å². The molecular weight excluding hydrogens is 416 g/mol. The molecule has 7 nitrogen and oxygen atoms in total. The summed E-state index contributed by atoms with van der Waals surface area (Å²) in [5, 5.41) is 0. The molecule has 2 aromatic carbocycles. The van der Waals surface area contributed by atoms with E-state index in [0.29, 0.717) is 25.3 Å². The van der Waals surface area contributed by atoms with E-state index in [0.717, 1.165) is 24.0 Å². The highest BCUT2D eigenvalue weighted by atomic mass is 32.2. The lowest BCUT2D eigenvalue weighted by Gasteiger charge is -2.31. The van der Waals surface area contributed by atoms with E-state index in [4.69, 9.17) is 4.74 Å². The Morgan fingerprint density at radius 3 is 2.42 bits per heavy atom. The minimum Gasteiger partial charge on any atom is -0.466 e. The SMILES string of the molecule is CCOC(=O)[C@H]1CCCN(C(=O)c2ccc(CNS(=O)(=O)c3ccc(C)cc3)cc2)C1. The number of carbonyl (C=O) groups is 2. The van der Waals surface area contributed by atoms with Gasteiger partial charge in [-0.05, 0) is 56.5 Å². The van der Waals surface area contributed by atoms with Crippen molar-refractivity contribution in [1.29, 1.82) is 0 Å². The molecule has 1 saturated heterocycles. The van der Waals surface area contributed by atoms with Crippen molar-refractivity contribution >= 4 is 21.9 Å². The topological polar surface area (TPSA) is 92.8 Å². The van der Waals surface area contributed by atoms with Crippen LogP contribution in [0.2, 0.25) is 0 Å². The van der Waals surface area contributed by atoms with Crippen LogP contribution < -0.4 is 4.72 Å². The van der Waals surface area contributed by atoms with Gasteiger partial charge in [0.05, 0.1) is 17.4 Å². The number of carbonyl (C=O) groups excluding carboxylic acids is 2. The second kappa shape index (κ2) is 10.1. The number of hydrogen-bond donors (Lipinski definition) is 1. The largest absolute Gasteiger partial charge is 0.466 e. The second-order valence-corrected chi connectivity index (χ2v) is 9.44. The summed E-state index contributed by atoms with van der Waals surface area (Å²) in [5.74, 6) is -0.676. The summed E-state index contributed by atoms with van der Waals surface area (Å²) in [6.07, 6.45) is 1.48. The number of nitrogens with one attached hydrogen (secondary N) is 1. The molecule has 1 atom stereocenters. The van der Waals surface area contributed by atoms with E-state index >= 15 is 0 Å². The van der Waals surface area contributed by atoms with E-state index < -0.39 is 10.0 Å². The molecule has 1 aliphatic heterocycles. The Morgan fingerprint density at radius 1 is 1.10 bits per heavy atom. The first kappa shape index (κ1) is 23.0. The second-order valence-electron chi connectivity index (χ2n) is 7.68. The lowest BCUT2D eigenvalue weighted by Crippen LogP contribution is -2.42. The number of likely N-dealkylation sites (tertiary alicyclic amines) is 1. The van der Waals surface area contributed by atoms with Crippen molar-refractivity contribution in [3.8, 4) is 0 Å². The zero-order valence-corrected chi connectivity index (χ0v) is 18.7. The Balaban J connectivity index is 1.60. The van der Waals surface area contributed by atoms with Crippen LogP contribution in [0, 0.1) is 12.8 Å². The zero-order chi connectivity index (χ0) is 22.4. The predicted molar refractivity (Wildman–Crippen MR) is 117 cm³/mol. The molecule has 1 amide bonds. The quantitative estimate of drug-likeness (QED) is 0.663. The van der Waals surface area contributed by atoms with Gasteiger partial charge in [0, 0.05) is 25.2 Å². The van der Waals surface area contributed by atoms with Gasteiger partial charge in [-0.3, -0.25) is 9.59 Å². The van der Waals surface area contributed by atoms with Crippen LogP contribution in [-0.4, -0.2) is 44.9 Å². The number of sulfonamides is 1. The van der Waals surface area contributed by atoms with Crippen LogP contribution in [0.1, 0.15) is 41.3 Å². The Labute approximate surface area is 183 Å². The minimum atomic E-state index is -3.61. The number of nitrogens with zero attached hydrogens (tertiary/aromatic N) is 1. The predicted octanol–water partition coefficient (Wildman–Crippen LogP) is 2.89. The monoisotopic (exact) mass is 444 g/mol. The van der Waals surface area contributed by atoms with E-state index in [1.165, 1.54) is 0 Å². The van der Waals surface area contributed by atoms with E-state index in [-0.39, 0.29) is 29.2 Å². The van der Waals surface area contributed by atoms with Gasteiger partial charge < -0.3 is 9.64 Å². The molecule has 1 heterocycles. The maximum absolute atomic E-state index is 12.8. The van der Waals surface area contributed by atoms with Crippen LogP contribution in [-0.2, 0) is 26.1 Å². The van der Waals surface area contributed by atoms with Crippen LogP contribution in [0.4, 0.5) is 0 Å². The summed E-state index contributed by atoms with van der Waals surface area (Å²) in [7, 11) is -3.61. The summed E-state index contributed by atoms with van der Waals surface area (Å²) in [6, 6.07) is 13.5. The third-order valence-electron chi connectivity index (χ3n) is 5.33. The highest BCUT2D eigenvalue weighted by Crippen LogP contribution is 2.20. The number of rotatable bonds is 7. The average molecular weight is 445 g/mol. The van der Waals surface area contributed by atoms with Crippen molar-refractivity contribution in [1.82, 2.24) is 9.62 Å². The van der Waals surface area contributed by atoms with Gasteiger partial charge in [-0.15, -0.1) is 0 Å². The summed E-state index contributed by atoms with van der Waals surface area (Å²) < 4.78 is 32.5. The maximum atomic E-state index is 12.8. The summed E-state index contributed by atoms with van der Waals surface area (Å²) in [6.45, 7) is 5.08. The zero-order valence-electron chi connectivity index (χ0n) is 17.8. The number of benzene rings is 2. The summed E-state index contributed by atoms with van der Waals surface area (Å²) >= 11 is 0.